The summed E-state index contributed by atoms with van der Waals surface area (Å²) in [7, 11) is 0. The number of nitrogens with two attached hydrogens (primary N) is 1. The van der Waals surface area contributed by atoms with E-state index < -0.39 is 0 Å². The third-order valence-electron chi connectivity index (χ3n) is 2.34. The molecule has 98 valence electrons. The van der Waals surface area contributed by atoms with E-state index in [0.717, 1.165) is 5.56 Å². The maximum absolute atomic E-state index is 9.72. The van der Waals surface area contributed by atoms with Gasteiger partial charge in [0.2, 0.25) is 0 Å². The average Bonchev–Trinajstić information content (AvgIpc) is 2.20. The Morgan fingerprint density at radius 3 is 2.56 bits per heavy atom. The van der Waals surface area contributed by atoms with Crippen molar-refractivity contribution in [1.29, 1.82) is 0 Å². The van der Waals surface area contributed by atoms with E-state index in [1.807, 2.05) is 39.8 Å². The number of aromatic hydroxyl groups is 1. The van der Waals surface area contributed by atoms with Gasteiger partial charge in [-0.1, -0.05) is 11.6 Å². The smallest absolute Gasteiger partial charge is 0.187 e. The number of phenols is 1. The zero-order valence-electron chi connectivity index (χ0n) is 11.1. The molecule has 0 spiro atoms. The first-order valence-corrected chi connectivity index (χ1v) is 6.06. The van der Waals surface area contributed by atoms with Crippen molar-refractivity contribution in [1.82, 2.24) is 5.01 Å². The van der Waals surface area contributed by atoms with Crippen LogP contribution in [0.2, 0.25) is 0 Å². The van der Waals surface area contributed by atoms with Gasteiger partial charge in [0.15, 0.2) is 5.11 Å². The number of phenolic OH excluding ortho intramolecular Hbond substituents is 1. The second-order valence-electron chi connectivity index (χ2n) is 5.13. The Morgan fingerprint density at radius 2 is 2.06 bits per heavy atom. The van der Waals surface area contributed by atoms with Gasteiger partial charge >= 0.3 is 0 Å². The molecule has 0 saturated heterocycles. The highest BCUT2D eigenvalue weighted by Gasteiger charge is 2.21. The van der Waals surface area contributed by atoms with Gasteiger partial charge in [-0.05, 0) is 52.0 Å². The van der Waals surface area contributed by atoms with Crippen LogP contribution in [0.4, 0.5) is 0 Å². The molecule has 0 atom stereocenters. The number of benzene rings is 1. The lowest BCUT2D eigenvalue weighted by Gasteiger charge is -2.31. The number of rotatable bonds is 2. The summed E-state index contributed by atoms with van der Waals surface area (Å²) >= 11 is 4.97. The largest absolute Gasteiger partial charge is 0.507 e. The molecule has 0 saturated carbocycles. The van der Waals surface area contributed by atoms with Crippen LogP contribution in [0, 0.1) is 6.92 Å². The van der Waals surface area contributed by atoms with Gasteiger partial charge in [0.05, 0.1) is 11.8 Å². The van der Waals surface area contributed by atoms with Crippen molar-refractivity contribution in [3.8, 4) is 5.75 Å². The Balaban J connectivity index is 3.04. The van der Waals surface area contributed by atoms with Gasteiger partial charge in [0, 0.05) is 5.56 Å². The molecule has 0 unspecified atom stereocenters. The van der Waals surface area contributed by atoms with Gasteiger partial charge in [0.1, 0.15) is 5.75 Å². The predicted octanol–water partition coefficient (Wildman–Crippen LogP) is 2.38. The summed E-state index contributed by atoms with van der Waals surface area (Å²) in [6, 6.07) is 5.32. The molecule has 0 aliphatic carbocycles. The number of hydrazone groups is 1. The topological polar surface area (TPSA) is 61.9 Å². The van der Waals surface area contributed by atoms with Crippen molar-refractivity contribution in [3.05, 3.63) is 29.3 Å². The van der Waals surface area contributed by atoms with Crippen molar-refractivity contribution in [2.75, 3.05) is 0 Å². The number of hydrogen-bond acceptors (Lipinski definition) is 3. The lowest BCUT2D eigenvalue weighted by molar-refractivity contribution is 0.250. The molecule has 5 heteroatoms. The summed E-state index contributed by atoms with van der Waals surface area (Å²) in [6.07, 6.45) is 1.56. The maximum atomic E-state index is 9.72. The monoisotopic (exact) mass is 265 g/mol. The minimum Gasteiger partial charge on any atom is -0.507 e. The summed E-state index contributed by atoms with van der Waals surface area (Å²) in [5.41, 5.74) is 7.02. The van der Waals surface area contributed by atoms with Crippen LogP contribution in [0.3, 0.4) is 0 Å². The van der Waals surface area contributed by atoms with Crippen LogP contribution in [-0.4, -0.2) is 27.0 Å². The van der Waals surface area contributed by atoms with Crippen molar-refractivity contribution < 1.29 is 5.11 Å². The highest BCUT2D eigenvalue weighted by atomic mass is 32.1. The predicted molar refractivity (Wildman–Crippen MR) is 78.8 cm³/mol. The van der Waals surface area contributed by atoms with E-state index in [9.17, 15) is 5.11 Å². The summed E-state index contributed by atoms with van der Waals surface area (Å²) in [6.45, 7) is 7.82. The van der Waals surface area contributed by atoms with Gasteiger partial charge < -0.3 is 10.8 Å². The highest BCUT2D eigenvalue weighted by molar-refractivity contribution is 7.80. The molecule has 4 nitrogen and oxygen atoms in total. The molecule has 0 aromatic heterocycles. The molecule has 3 N–H and O–H groups in total. The average molecular weight is 265 g/mol. The third kappa shape index (κ3) is 3.70. The molecular formula is C13H19N3OS. The van der Waals surface area contributed by atoms with E-state index in [0.29, 0.717) is 5.56 Å². The third-order valence-corrected chi connectivity index (χ3v) is 2.51. The second kappa shape index (κ2) is 5.35. The second-order valence-corrected chi connectivity index (χ2v) is 5.55. The Bertz CT molecular complexity index is 478. The number of hydrogen-bond donors (Lipinski definition) is 2. The zero-order valence-corrected chi connectivity index (χ0v) is 12.0. The van der Waals surface area contributed by atoms with Crippen LogP contribution in [0.25, 0.3) is 0 Å². The first-order valence-electron chi connectivity index (χ1n) is 5.65. The number of thiocarbonyl (C=S) groups is 1. The quantitative estimate of drug-likeness (QED) is 0.489. The summed E-state index contributed by atoms with van der Waals surface area (Å²) in [5, 5.41) is 15.7. The minimum absolute atomic E-state index is 0.182. The minimum atomic E-state index is -0.304. The Kier molecular flexibility index (Phi) is 4.29. The molecule has 0 heterocycles. The maximum Gasteiger partial charge on any atom is 0.187 e. The van der Waals surface area contributed by atoms with Crippen LogP contribution in [0.5, 0.6) is 5.75 Å². The molecule has 0 aliphatic rings. The highest BCUT2D eigenvalue weighted by Crippen LogP contribution is 2.18. The Morgan fingerprint density at radius 1 is 1.44 bits per heavy atom. The zero-order chi connectivity index (χ0) is 13.9. The summed E-state index contributed by atoms with van der Waals surface area (Å²) in [5.74, 6) is 0.182. The first kappa shape index (κ1) is 14.4. The number of aryl methyl sites for hydroxylation is 1. The van der Waals surface area contributed by atoms with Crippen molar-refractivity contribution in [3.63, 3.8) is 0 Å². The number of nitrogens with zero attached hydrogens (tertiary/aromatic N) is 2. The van der Waals surface area contributed by atoms with Crippen LogP contribution in [0.15, 0.2) is 23.3 Å². The molecule has 18 heavy (non-hydrogen) atoms. The molecule has 1 rings (SSSR count). The van der Waals surface area contributed by atoms with E-state index in [-0.39, 0.29) is 16.4 Å². The van der Waals surface area contributed by atoms with E-state index in [1.54, 1.807) is 17.3 Å². The van der Waals surface area contributed by atoms with Gasteiger partial charge in [-0.25, -0.2) is 5.01 Å². The van der Waals surface area contributed by atoms with Crippen molar-refractivity contribution in [2.24, 2.45) is 10.8 Å². The van der Waals surface area contributed by atoms with Gasteiger partial charge in [-0.3, -0.25) is 0 Å². The summed E-state index contributed by atoms with van der Waals surface area (Å²) < 4.78 is 0. The van der Waals surface area contributed by atoms with Crippen molar-refractivity contribution in [2.45, 2.75) is 33.2 Å². The fraction of sp³-hybridized carbons (Fsp3) is 0.385. The molecule has 1 aromatic rings. The van der Waals surface area contributed by atoms with E-state index in [4.69, 9.17) is 18.0 Å². The Labute approximate surface area is 113 Å². The van der Waals surface area contributed by atoms with Crippen LogP contribution >= 0.6 is 12.2 Å². The SMILES string of the molecule is Cc1ccc(O)c(/C=N/N(C(N)=S)C(C)(C)C)c1. The molecule has 0 aliphatic heterocycles. The molecule has 0 amide bonds. The van der Waals surface area contributed by atoms with Crippen LogP contribution in [-0.2, 0) is 0 Å². The fourth-order valence-corrected chi connectivity index (χ4v) is 1.78. The molecule has 1 aromatic carbocycles. The summed E-state index contributed by atoms with van der Waals surface area (Å²) in [4.78, 5) is 0. The van der Waals surface area contributed by atoms with Crippen molar-refractivity contribution >= 4 is 23.5 Å². The lowest BCUT2D eigenvalue weighted by atomic mass is 10.1. The molecule has 0 bridgehead atoms. The van der Waals surface area contributed by atoms with E-state index in [2.05, 4.69) is 5.10 Å². The Hall–Kier alpha value is -1.62. The van der Waals surface area contributed by atoms with Crippen LogP contribution in [0.1, 0.15) is 31.9 Å². The van der Waals surface area contributed by atoms with E-state index in [1.165, 1.54) is 0 Å². The molecule has 0 radical (unpaired) electrons. The fourth-order valence-electron chi connectivity index (χ4n) is 1.46. The first-order chi connectivity index (χ1) is 8.21. The molecular weight excluding hydrogens is 246 g/mol. The normalized spacial score (nSPS) is 11.8. The lowest BCUT2D eigenvalue weighted by Crippen LogP contribution is -2.44. The van der Waals surface area contributed by atoms with Crippen LogP contribution < -0.4 is 5.73 Å². The van der Waals surface area contributed by atoms with Gasteiger partial charge in [-0.15, -0.1) is 0 Å². The van der Waals surface area contributed by atoms with Gasteiger partial charge in [-0.2, -0.15) is 5.10 Å². The standard InChI is InChI=1S/C13H19N3OS/c1-9-5-6-11(17)10(7-9)8-15-16(12(14)18)13(2,3)4/h5-8,17H,1-4H3,(H2,14,18)/b15-8+. The van der Waals surface area contributed by atoms with Gasteiger partial charge in [0.25, 0.3) is 0 Å². The molecule has 0 fully saturated rings. The van der Waals surface area contributed by atoms with E-state index >= 15 is 0 Å².